The molecule has 126 valence electrons. The first-order valence-electron chi connectivity index (χ1n) is 7.34. The molecule has 24 heavy (non-hydrogen) atoms. The van der Waals surface area contributed by atoms with Crippen LogP contribution in [0.1, 0.15) is 0 Å². The number of piperazine rings is 1. The van der Waals surface area contributed by atoms with E-state index in [0.29, 0.717) is 31.9 Å². The molecule has 1 fully saturated rings. The number of rotatable bonds is 2. The average molecular weight is 335 g/mol. The second kappa shape index (κ2) is 6.65. The number of halogens is 2. The first kappa shape index (κ1) is 15.9. The quantitative estimate of drug-likeness (QED) is 0.869. The fourth-order valence-corrected chi connectivity index (χ4v) is 2.49. The van der Waals surface area contributed by atoms with Crippen molar-refractivity contribution in [2.45, 2.75) is 0 Å². The number of anilines is 2. The number of benzene rings is 1. The third-order valence-corrected chi connectivity index (χ3v) is 3.73. The smallest absolute Gasteiger partial charge is 0.323 e. The molecule has 1 aromatic heterocycles. The molecular formula is C15H15F2N5O2. The van der Waals surface area contributed by atoms with Crippen LogP contribution in [0.5, 0.6) is 0 Å². The number of hydrogen-bond donors (Lipinski definition) is 2. The molecular weight excluding hydrogens is 320 g/mol. The Hall–Kier alpha value is -2.97. The number of urea groups is 1. The Kier molecular flexibility index (Phi) is 4.41. The number of amides is 2. The van der Waals surface area contributed by atoms with Crippen molar-refractivity contribution in [3.8, 4) is 0 Å². The topological polar surface area (TPSA) is 81.3 Å². The van der Waals surface area contributed by atoms with Crippen molar-refractivity contribution in [1.82, 2.24) is 15.1 Å². The second-order valence-corrected chi connectivity index (χ2v) is 5.31. The first-order valence-corrected chi connectivity index (χ1v) is 7.34. The zero-order valence-corrected chi connectivity index (χ0v) is 12.6. The fourth-order valence-electron chi connectivity index (χ4n) is 2.49. The molecule has 2 amide bonds. The van der Waals surface area contributed by atoms with Gasteiger partial charge in [0.2, 0.25) is 0 Å². The van der Waals surface area contributed by atoms with Gasteiger partial charge in [-0.2, -0.15) is 5.10 Å². The van der Waals surface area contributed by atoms with E-state index in [0.717, 1.165) is 6.07 Å². The Bertz CT molecular complexity index is 782. The van der Waals surface area contributed by atoms with E-state index in [-0.39, 0.29) is 17.4 Å². The van der Waals surface area contributed by atoms with Crippen LogP contribution in [0.3, 0.4) is 0 Å². The van der Waals surface area contributed by atoms with Crippen molar-refractivity contribution >= 4 is 17.5 Å². The predicted octanol–water partition coefficient (Wildman–Crippen LogP) is 1.40. The first-order chi connectivity index (χ1) is 11.5. The predicted molar refractivity (Wildman–Crippen MR) is 84.0 cm³/mol. The number of aromatic amines is 1. The monoisotopic (exact) mass is 335 g/mol. The third kappa shape index (κ3) is 3.50. The molecule has 0 saturated carbocycles. The van der Waals surface area contributed by atoms with E-state index in [1.54, 1.807) is 9.80 Å². The van der Waals surface area contributed by atoms with Crippen molar-refractivity contribution in [2.24, 2.45) is 0 Å². The zero-order chi connectivity index (χ0) is 17.1. The molecule has 3 rings (SSSR count). The molecule has 2 heterocycles. The normalized spacial score (nSPS) is 14.6. The molecule has 1 aromatic carbocycles. The van der Waals surface area contributed by atoms with E-state index < -0.39 is 11.6 Å². The summed E-state index contributed by atoms with van der Waals surface area (Å²) >= 11 is 0. The van der Waals surface area contributed by atoms with Gasteiger partial charge in [0.25, 0.3) is 5.56 Å². The maximum absolute atomic E-state index is 13.8. The Morgan fingerprint density at radius 3 is 2.50 bits per heavy atom. The summed E-state index contributed by atoms with van der Waals surface area (Å²) in [6.07, 6.45) is 0. The van der Waals surface area contributed by atoms with Crippen LogP contribution >= 0.6 is 0 Å². The molecule has 2 N–H and O–H groups in total. The zero-order valence-electron chi connectivity index (χ0n) is 12.6. The molecule has 1 saturated heterocycles. The molecule has 7 nitrogen and oxygen atoms in total. The Labute approximate surface area is 135 Å². The molecule has 1 aliphatic heterocycles. The maximum Gasteiger partial charge on any atom is 0.323 e. The molecule has 0 spiro atoms. The van der Waals surface area contributed by atoms with Gasteiger partial charge in [0.1, 0.15) is 11.6 Å². The van der Waals surface area contributed by atoms with E-state index in [1.807, 2.05) is 0 Å². The van der Waals surface area contributed by atoms with E-state index in [2.05, 4.69) is 15.5 Å². The molecule has 2 aromatic rings. The summed E-state index contributed by atoms with van der Waals surface area (Å²) in [5, 5.41) is 8.51. The lowest BCUT2D eigenvalue weighted by atomic mass is 10.2. The summed E-state index contributed by atoms with van der Waals surface area (Å²) in [4.78, 5) is 26.4. The van der Waals surface area contributed by atoms with Gasteiger partial charge in [0, 0.05) is 38.3 Å². The minimum Gasteiger partial charge on any atom is -0.366 e. The van der Waals surface area contributed by atoms with Gasteiger partial charge in [-0.25, -0.2) is 18.7 Å². The molecule has 0 radical (unpaired) electrons. The highest BCUT2D eigenvalue weighted by Gasteiger charge is 2.23. The Morgan fingerprint density at radius 1 is 1.12 bits per heavy atom. The van der Waals surface area contributed by atoms with Crippen LogP contribution in [0.2, 0.25) is 0 Å². The van der Waals surface area contributed by atoms with Crippen LogP contribution in [-0.2, 0) is 0 Å². The lowest BCUT2D eigenvalue weighted by Crippen LogP contribution is -2.50. The summed E-state index contributed by atoms with van der Waals surface area (Å²) in [6, 6.07) is 5.76. The summed E-state index contributed by atoms with van der Waals surface area (Å²) < 4.78 is 26.8. The number of carbonyl (C=O) groups excluding carboxylic acids is 1. The van der Waals surface area contributed by atoms with Crippen molar-refractivity contribution in [3.63, 3.8) is 0 Å². The molecule has 1 aliphatic rings. The number of nitrogens with one attached hydrogen (secondary N) is 2. The van der Waals surface area contributed by atoms with Gasteiger partial charge in [-0.15, -0.1) is 0 Å². The SMILES string of the molecule is O=C(Nc1ccc(=O)[nH]n1)N1CCN(c2ccc(F)cc2F)CC1. The van der Waals surface area contributed by atoms with Crippen LogP contribution in [0.25, 0.3) is 0 Å². The lowest BCUT2D eigenvalue weighted by molar-refractivity contribution is 0.208. The standard InChI is InChI=1S/C15H15F2N5O2/c16-10-1-2-12(11(17)9-10)21-5-7-22(8-6-21)15(24)18-13-3-4-14(23)20-19-13/h1-4,9H,5-8H2,(H,20,23)(H,18,19,24). The van der Waals surface area contributed by atoms with E-state index in [4.69, 9.17) is 0 Å². The summed E-state index contributed by atoms with van der Waals surface area (Å²) in [5.41, 5.74) is -0.0401. The number of aromatic nitrogens is 2. The van der Waals surface area contributed by atoms with E-state index >= 15 is 0 Å². The second-order valence-electron chi connectivity index (χ2n) is 5.31. The van der Waals surface area contributed by atoms with Gasteiger partial charge in [0.05, 0.1) is 5.69 Å². The molecule has 0 aliphatic carbocycles. The van der Waals surface area contributed by atoms with Gasteiger partial charge < -0.3 is 9.80 Å². The van der Waals surface area contributed by atoms with E-state index in [1.165, 1.54) is 24.3 Å². The van der Waals surface area contributed by atoms with Crippen LogP contribution in [0.15, 0.2) is 35.1 Å². The summed E-state index contributed by atoms with van der Waals surface area (Å²) in [7, 11) is 0. The Balaban J connectivity index is 1.59. The van der Waals surface area contributed by atoms with Crippen LogP contribution in [-0.4, -0.2) is 47.3 Å². The number of H-pyrrole nitrogens is 1. The van der Waals surface area contributed by atoms with Crippen LogP contribution < -0.4 is 15.8 Å². The summed E-state index contributed by atoms with van der Waals surface area (Å²) in [5.74, 6) is -1.00. The van der Waals surface area contributed by atoms with Crippen molar-refractivity contribution in [1.29, 1.82) is 0 Å². The maximum atomic E-state index is 13.8. The number of hydrogen-bond acceptors (Lipinski definition) is 4. The minimum atomic E-state index is -0.623. The molecule has 0 atom stereocenters. The van der Waals surface area contributed by atoms with Crippen LogP contribution in [0.4, 0.5) is 25.1 Å². The van der Waals surface area contributed by atoms with E-state index in [9.17, 15) is 18.4 Å². The van der Waals surface area contributed by atoms with Crippen molar-refractivity contribution < 1.29 is 13.6 Å². The van der Waals surface area contributed by atoms with Gasteiger partial charge in [0.15, 0.2) is 5.82 Å². The highest BCUT2D eigenvalue weighted by molar-refractivity contribution is 5.88. The molecule has 0 bridgehead atoms. The van der Waals surface area contributed by atoms with Gasteiger partial charge in [-0.1, -0.05) is 0 Å². The minimum absolute atomic E-state index is 0.242. The van der Waals surface area contributed by atoms with Gasteiger partial charge in [-0.05, 0) is 18.2 Å². The molecule has 9 heteroatoms. The average Bonchev–Trinajstić information content (AvgIpc) is 2.57. The molecule has 0 unspecified atom stereocenters. The number of carbonyl (C=O) groups is 1. The van der Waals surface area contributed by atoms with Gasteiger partial charge >= 0.3 is 6.03 Å². The fraction of sp³-hybridized carbons (Fsp3) is 0.267. The lowest BCUT2D eigenvalue weighted by Gasteiger charge is -2.36. The largest absolute Gasteiger partial charge is 0.366 e. The Morgan fingerprint density at radius 2 is 1.88 bits per heavy atom. The number of nitrogens with zero attached hydrogens (tertiary/aromatic N) is 3. The highest BCUT2D eigenvalue weighted by atomic mass is 19.1. The van der Waals surface area contributed by atoms with Crippen molar-refractivity contribution in [2.75, 3.05) is 36.4 Å². The highest BCUT2D eigenvalue weighted by Crippen LogP contribution is 2.21. The van der Waals surface area contributed by atoms with Gasteiger partial charge in [-0.3, -0.25) is 10.1 Å². The van der Waals surface area contributed by atoms with Crippen LogP contribution in [0, 0.1) is 11.6 Å². The third-order valence-electron chi connectivity index (χ3n) is 3.73. The summed E-state index contributed by atoms with van der Waals surface area (Å²) in [6.45, 7) is 1.61. The van der Waals surface area contributed by atoms with Crippen molar-refractivity contribution in [3.05, 3.63) is 52.3 Å².